The topological polar surface area (TPSA) is 70.5 Å². The molecule has 0 spiro atoms. The summed E-state index contributed by atoms with van der Waals surface area (Å²) in [6.07, 6.45) is 2.07. The van der Waals surface area contributed by atoms with Gasteiger partial charge >= 0.3 is 5.97 Å². The van der Waals surface area contributed by atoms with Gasteiger partial charge in [0.05, 0.1) is 11.3 Å². The lowest BCUT2D eigenvalue weighted by atomic mass is 10.2. The molecule has 1 aliphatic carbocycles. The standard InChI is InChI=1S/C12H14N2O3/c1-7-9(12(16)17)5-6-10(13-7)11(15)14(2)8-3-4-8/h5-6,8H,3-4H2,1-2H3,(H,16,17). The summed E-state index contributed by atoms with van der Waals surface area (Å²) in [5.74, 6) is -1.17. The van der Waals surface area contributed by atoms with Gasteiger partial charge in [0.1, 0.15) is 5.69 Å². The predicted molar refractivity (Wildman–Crippen MR) is 61.0 cm³/mol. The van der Waals surface area contributed by atoms with Gasteiger partial charge in [0.2, 0.25) is 0 Å². The Balaban J connectivity index is 2.24. The highest BCUT2D eigenvalue weighted by molar-refractivity contribution is 5.94. The van der Waals surface area contributed by atoms with Gasteiger partial charge in [-0.1, -0.05) is 0 Å². The van der Waals surface area contributed by atoms with E-state index in [1.54, 1.807) is 18.9 Å². The van der Waals surface area contributed by atoms with Crippen molar-refractivity contribution in [2.24, 2.45) is 0 Å². The van der Waals surface area contributed by atoms with Crippen LogP contribution in [0.3, 0.4) is 0 Å². The van der Waals surface area contributed by atoms with E-state index in [0.717, 1.165) is 12.8 Å². The van der Waals surface area contributed by atoms with Crippen LogP contribution in [0.4, 0.5) is 0 Å². The van der Waals surface area contributed by atoms with Gasteiger partial charge in [0.15, 0.2) is 0 Å². The molecule has 5 nitrogen and oxygen atoms in total. The van der Waals surface area contributed by atoms with E-state index in [2.05, 4.69) is 4.98 Å². The molecule has 1 saturated carbocycles. The van der Waals surface area contributed by atoms with Crippen molar-refractivity contribution >= 4 is 11.9 Å². The second-order valence-corrected chi connectivity index (χ2v) is 4.28. The van der Waals surface area contributed by atoms with Gasteiger partial charge in [0.25, 0.3) is 5.91 Å². The molecular weight excluding hydrogens is 220 g/mol. The molecule has 0 bridgehead atoms. The Labute approximate surface area is 99.1 Å². The molecule has 1 N–H and O–H groups in total. The molecule has 1 aliphatic rings. The van der Waals surface area contributed by atoms with E-state index >= 15 is 0 Å². The smallest absolute Gasteiger partial charge is 0.337 e. The van der Waals surface area contributed by atoms with E-state index in [9.17, 15) is 9.59 Å². The van der Waals surface area contributed by atoms with Crippen LogP contribution in [0.1, 0.15) is 39.4 Å². The lowest BCUT2D eigenvalue weighted by molar-refractivity contribution is 0.0692. The van der Waals surface area contributed by atoms with Crippen LogP contribution in [-0.4, -0.2) is 40.0 Å². The van der Waals surface area contributed by atoms with E-state index in [1.807, 2.05) is 0 Å². The maximum absolute atomic E-state index is 12.0. The molecule has 2 rings (SSSR count). The van der Waals surface area contributed by atoms with Gasteiger partial charge in [0, 0.05) is 13.1 Å². The number of carboxylic acids is 1. The van der Waals surface area contributed by atoms with Crippen molar-refractivity contribution in [2.45, 2.75) is 25.8 Å². The van der Waals surface area contributed by atoms with Crippen LogP contribution in [0.5, 0.6) is 0 Å². The first-order chi connectivity index (χ1) is 8.00. The maximum Gasteiger partial charge on any atom is 0.337 e. The third kappa shape index (κ3) is 2.27. The van der Waals surface area contributed by atoms with Crippen LogP contribution >= 0.6 is 0 Å². The molecular formula is C12H14N2O3. The van der Waals surface area contributed by atoms with Gasteiger partial charge in [-0.2, -0.15) is 0 Å². The largest absolute Gasteiger partial charge is 0.478 e. The third-order valence-corrected chi connectivity index (χ3v) is 2.95. The van der Waals surface area contributed by atoms with Crippen molar-refractivity contribution in [3.05, 3.63) is 29.1 Å². The fraction of sp³-hybridized carbons (Fsp3) is 0.417. The fourth-order valence-corrected chi connectivity index (χ4v) is 1.71. The van der Waals surface area contributed by atoms with E-state index < -0.39 is 5.97 Å². The molecule has 0 aromatic carbocycles. The Morgan fingerprint density at radius 1 is 1.41 bits per heavy atom. The molecule has 0 atom stereocenters. The highest BCUT2D eigenvalue weighted by Crippen LogP contribution is 2.26. The number of hydrogen-bond acceptors (Lipinski definition) is 3. The van der Waals surface area contributed by atoms with Gasteiger partial charge in [-0.25, -0.2) is 9.78 Å². The monoisotopic (exact) mass is 234 g/mol. The summed E-state index contributed by atoms with van der Waals surface area (Å²) in [4.78, 5) is 28.5. The zero-order valence-corrected chi connectivity index (χ0v) is 9.80. The van der Waals surface area contributed by atoms with E-state index in [0.29, 0.717) is 17.4 Å². The first-order valence-corrected chi connectivity index (χ1v) is 5.49. The predicted octanol–water partition coefficient (Wildman–Crippen LogP) is 1.32. The fourth-order valence-electron chi connectivity index (χ4n) is 1.71. The Morgan fingerprint density at radius 3 is 2.53 bits per heavy atom. The number of rotatable bonds is 3. The van der Waals surface area contributed by atoms with Crippen LogP contribution < -0.4 is 0 Å². The van der Waals surface area contributed by atoms with E-state index in [1.165, 1.54) is 12.1 Å². The normalized spacial score (nSPS) is 14.5. The second-order valence-electron chi connectivity index (χ2n) is 4.28. The van der Waals surface area contributed by atoms with Crippen LogP contribution in [0.25, 0.3) is 0 Å². The number of carbonyl (C=O) groups is 2. The SMILES string of the molecule is Cc1nc(C(=O)N(C)C2CC2)ccc1C(=O)O. The highest BCUT2D eigenvalue weighted by Gasteiger charge is 2.30. The number of carbonyl (C=O) groups excluding carboxylic acids is 1. The average molecular weight is 234 g/mol. The summed E-state index contributed by atoms with van der Waals surface area (Å²) in [5.41, 5.74) is 0.810. The number of aromatic carboxylic acids is 1. The number of aryl methyl sites for hydroxylation is 1. The molecule has 0 radical (unpaired) electrons. The van der Waals surface area contributed by atoms with Gasteiger partial charge in [-0.3, -0.25) is 4.79 Å². The number of aromatic nitrogens is 1. The summed E-state index contributed by atoms with van der Waals surface area (Å²) in [6.45, 7) is 1.59. The molecule has 1 amide bonds. The van der Waals surface area contributed by atoms with Crippen molar-refractivity contribution in [1.82, 2.24) is 9.88 Å². The zero-order valence-electron chi connectivity index (χ0n) is 9.80. The van der Waals surface area contributed by atoms with E-state index in [-0.39, 0.29) is 11.5 Å². The minimum atomic E-state index is -1.02. The number of pyridine rings is 1. The summed E-state index contributed by atoms with van der Waals surface area (Å²) < 4.78 is 0. The Hall–Kier alpha value is -1.91. The van der Waals surface area contributed by atoms with Gasteiger partial charge < -0.3 is 10.0 Å². The van der Waals surface area contributed by atoms with Crippen LogP contribution in [-0.2, 0) is 0 Å². The van der Waals surface area contributed by atoms with Crippen molar-refractivity contribution in [3.8, 4) is 0 Å². The van der Waals surface area contributed by atoms with Crippen LogP contribution in [0, 0.1) is 6.92 Å². The Bertz CT molecular complexity index is 481. The van der Waals surface area contributed by atoms with Gasteiger partial charge in [-0.05, 0) is 31.9 Å². The maximum atomic E-state index is 12.0. The molecule has 17 heavy (non-hydrogen) atoms. The number of nitrogens with zero attached hydrogens (tertiary/aromatic N) is 2. The lowest BCUT2D eigenvalue weighted by Crippen LogP contribution is -2.29. The van der Waals surface area contributed by atoms with Crippen molar-refractivity contribution < 1.29 is 14.7 Å². The Kier molecular flexibility index (Phi) is 2.83. The zero-order chi connectivity index (χ0) is 12.6. The average Bonchev–Trinajstić information content (AvgIpc) is 3.10. The molecule has 1 aromatic rings. The minimum absolute atomic E-state index is 0.135. The van der Waals surface area contributed by atoms with Crippen molar-refractivity contribution in [2.75, 3.05) is 7.05 Å². The summed E-state index contributed by atoms with van der Waals surface area (Å²) in [5, 5.41) is 8.87. The number of amides is 1. The molecule has 1 heterocycles. The summed E-state index contributed by atoms with van der Waals surface area (Å²) in [7, 11) is 1.75. The van der Waals surface area contributed by atoms with Crippen LogP contribution in [0.15, 0.2) is 12.1 Å². The number of carboxylic acid groups (broad SMARTS) is 1. The third-order valence-electron chi connectivity index (χ3n) is 2.95. The minimum Gasteiger partial charge on any atom is -0.478 e. The molecule has 0 saturated heterocycles. The van der Waals surface area contributed by atoms with E-state index in [4.69, 9.17) is 5.11 Å². The molecule has 1 aromatic heterocycles. The van der Waals surface area contributed by atoms with Crippen LogP contribution in [0.2, 0.25) is 0 Å². The molecule has 0 aliphatic heterocycles. The van der Waals surface area contributed by atoms with Crippen molar-refractivity contribution in [1.29, 1.82) is 0 Å². The quantitative estimate of drug-likeness (QED) is 0.856. The van der Waals surface area contributed by atoms with Crippen molar-refractivity contribution in [3.63, 3.8) is 0 Å². The molecule has 1 fully saturated rings. The number of hydrogen-bond donors (Lipinski definition) is 1. The molecule has 5 heteroatoms. The lowest BCUT2D eigenvalue weighted by Gasteiger charge is -2.15. The first-order valence-electron chi connectivity index (χ1n) is 5.49. The summed E-state index contributed by atoms with van der Waals surface area (Å²) >= 11 is 0. The first kappa shape index (κ1) is 11.6. The molecule has 0 unspecified atom stereocenters. The molecule has 90 valence electrons. The summed E-state index contributed by atoms with van der Waals surface area (Å²) in [6, 6.07) is 3.22. The van der Waals surface area contributed by atoms with Gasteiger partial charge in [-0.15, -0.1) is 0 Å². The second kappa shape index (κ2) is 4.16. The highest BCUT2D eigenvalue weighted by atomic mass is 16.4. The Morgan fingerprint density at radius 2 is 2.06 bits per heavy atom.